The highest BCUT2D eigenvalue weighted by Crippen LogP contribution is 1.96. The van der Waals surface area contributed by atoms with Gasteiger partial charge in [-0.05, 0) is 27.2 Å². The molecule has 3 N–H and O–H groups in total. The van der Waals surface area contributed by atoms with Crippen LogP contribution in [0.1, 0.15) is 40.5 Å². The van der Waals surface area contributed by atoms with Gasteiger partial charge in [-0.1, -0.05) is 13.3 Å². The van der Waals surface area contributed by atoms with Gasteiger partial charge in [-0.3, -0.25) is 14.9 Å². The number of carbonyl (C=O) groups is 2. The van der Waals surface area contributed by atoms with E-state index in [0.29, 0.717) is 6.54 Å². The van der Waals surface area contributed by atoms with E-state index >= 15 is 0 Å². The highest BCUT2D eigenvalue weighted by atomic mass is 16.2. The number of hydrogen-bond acceptors (Lipinski definition) is 3. The third-order valence-corrected chi connectivity index (χ3v) is 1.94. The Balaban J connectivity index is 3.56. The minimum Gasteiger partial charge on any atom is -0.355 e. The highest BCUT2D eigenvalue weighted by molar-refractivity contribution is 5.81. The van der Waals surface area contributed by atoms with Crippen LogP contribution in [0.5, 0.6) is 0 Å². The van der Waals surface area contributed by atoms with Gasteiger partial charge in [0.2, 0.25) is 11.8 Å². The molecule has 0 rings (SSSR count). The minimum absolute atomic E-state index is 0.0676. The Morgan fingerprint density at radius 2 is 1.65 bits per heavy atom. The van der Waals surface area contributed by atoms with Crippen LogP contribution in [0.25, 0.3) is 0 Å². The van der Waals surface area contributed by atoms with E-state index in [2.05, 4.69) is 22.9 Å². The molecule has 0 saturated carbocycles. The van der Waals surface area contributed by atoms with Gasteiger partial charge in [-0.2, -0.15) is 0 Å². The smallest absolute Gasteiger partial charge is 0.234 e. The lowest BCUT2D eigenvalue weighted by Gasteiger charge is -2.20. The quantitative estimate of drug-likeness (QED) is 0.567. The molecule has 0 saturated heterocycles. The molecule has 0 aliphatic heterocycles. The number of amides is 2. The number of hydrogen-bond donors (Lipinski definition) is 3. The van der Waals surface area contributed by atoms with Crippen LogP contribution in [-0.2, 0) is 9.59 Å². The molecule has 0 bridgehead atoms. The van der Waals surface area contributed by atoms with E-state index in [0.717, 1.165) is 12.8 Å². The normalized spacial score (nSPS) is 11.1. The van der Waals surface area contributed by atoms with E-state index in [1.165, 1.54) is 0 Å². The van der Waals surface area contributed by atoms with Crippen LogP contribution in [0.3, 0.4) is 0 Å². The summed E-state index contributed by atoms with van der Waals surface area (Å²) >= 11 is 0. The summed E-state index contributed by atoms with van der Waals surface area (Å²) < 4.78 is 0. The Kier molecular flexibility index (Phi) is 7.54. The molecule has 17 heavy (non-hydrogen) atoms. The second kappa shape index (κ2) is 8.06. The maximum Gasteiger partial charge on any atom is 0.234 e. The van der Waals surface area contributed by atoms with Crippen LogP contribution in [-0.4, -0.2) is 37.0 Å². The Bertz CT molecular complexity index is 247. The van der Waals surface area contributed by atoms with E-state index in [1.807, 2.05) is 20.8 Å². The van der Waals surface area contributed by atoms with Gasteiger partial charge in [0, 0.05) is 12.1 Å². The summed E-state index contributed by atoms with van der Waals surface area (Å²) in [5, 5.41) is 8.39. The minimum atomic E-state index is -0.234. The molecule has 0 atom stereocenters. The first kappa shape index (κ1) is 15.9. The lowest BCUT2D eigenvalue weighted by molar-refractivity contribution is -0.122. The monoisotopic (exact) mass is 243 g/mol. The standard InChI is InChI=1S/C12H25N3O2/c1-5-6-7-14-10(16)8-13-9-11(17)15-12(2,3)4/h13H,5-9H2,1-4H3,(H,14,16)(H,15,17). The number of nitrogens with one attached hydrogen (secondary N) is 3. The summed E-state index contributed by atoms with van der Waals surface area (Å²) in [5.74, 6) is -0.166. The average Bonchev–Trinajstić information content (AvgIpc) is 2.15. The molecule has 0 spiro atoms. The first-order chi connectivity index (χ1) is 7.85. The number of unbranched alkanes of at least 4 members (excludes halogenated alkanes) is 1. The zero-order chi connectivity index (χ0) is 13.3. The van der Waals surface area contributed by atoms with Crippen molar-refractivity contribution in [2.75, 3.05) is 19.6 Å². The second-order valence-electron chi connectivity index (χ2n) is 5.11. The Morgan fingerprint density at radius 3 is 2.18 bits per heavy atom. The third-order valence-electron chi connectivity index (χ3n) is 1.94. The Morgan fingerprint density at radius 1 is 1.06 bits per heavy atom. The van der Waals surface area contributed by atoms with Gasteiger partial charge in [0.15, 0.2) is 0 Å². The van der Waals surface area contributed by atoms with Crippen molar-refractivity contribution < 1.29 is 9.59 Å². The molecule has 0 aromatic rings. The van der Waals surface area contributed by atoms with E-state index in [-0.39, 0.29) is 30.4 Å². The molecule has 0 aliphatic carbocycles. The second-order valence-corrected chi connectivity index (χ2v) is 5.11. The van der Waals surface area contributed by atoms with Crippen molar-refractivity contribution in [1.82, 2.24) is 16.0 Å². The van der Waals surface area contributed by atoms with Crippen molar-refractivity contribution in [3.05, 3.63) is 0 Å². The van der Waals surface area contributed by atoms with Gasteiger partial charge < -0.3 is 10.6 Å². The van der Waals surface area contributed by atoms with Gasteiger partial charge >= 0.3 is 0 Å². The fraction of sp³-hybridized carbons (Fsp3) is 0.833. The summed E-state index contributed by atoms with van der Waals surface area (Å²) in [5.41, 5.74) is -0.234. The number of rotatable bonds is 7. The maximum atomic E-state index is 11.4. The van der Waals surface area contributed by atoms with Crippen molar-refractivity contribution in [3.8, 4) is 0 Å². The Labute approximate surface area is 104 Å². The summed E-state index contributed by atoms with van der Waals surface area (Å²) in [7, 11) is 0. The molecular formula is C12H25N3O2. The predicted molar refractivity (Wildman–Crippen MR) is 68.7 cm³/mol. The maximum absolute atomic E-state index is 11.4. The zero-order valence-electron chi connectivity index (χ0n) is 11.4. The van der Waals surface area contributed by atoms with Gasteiger partial charge in [0.1, 0.15) is 0 Å². The molecule has 5 heteroatoms. The van der Waals surface area contributed by atoms with Crippen LogP contribution in [0, 0.1) is 0 Å². The zero-order valence-corrected chi connectivity index (χ0v) is 11.4. The molecular weight excluding hydrogens is 218 g/mol. The third kappa shape index (κ3) is 11.2. The molecule has 5 nitrogen and oxygen atoms in total. The summed E-state index contributed by atoms with van der Waals surface area (Å²) in [6.45, 7) is 8.87. The topological polar surface area (TPSA) is 70.2 Å². The van der Waals surface area contributed by atoms with Gasteiger partial charge in [-0.15, -0.1) is 0 Å². The lowest BCUT2D eigenvalue weighted by atomic mass is 10.1. The van der Waals surface area contributed by atoms with Gasteiger partial charge in [0.25, 0.3) is 0 Å². The molecule has 0 heterocycles. The van der Waals surface area contributed by atoms with Gasteiger partial charge in [-0.25, -0.2) is 0 Å². The summed E-state index contributed by atoms with van der Waals surface area (Å²) in [6, 6.07) is 0. The van der Waals surface area contributed by atoms with Crippen molar-refractivity contribution in [2.45, 2.75) is 46.1 Å². The van der Waals surface area contributed by atoms with Crippen LogP contribution >= 0.6 is 0 Å². The first-order valence-corrected chi connectivity index (χ1v) is 6.13. The van der Waals surface area contributed by atoms with Crippen molar-refractivity contribution >= 4 is 11.8 Å². The molecule has 2 amide bonds. The SMILES string of the molecule is CCCCNC(=O)CNCC(=O)NC(C)(C)C. The predicted octanol–water partition coefficient (Wildman–Crippen LogP) is 0.407. The fourth-order valence-electron chi connectivity index (χ4n) is 1.22. The molecule has 0 aliphatic rings. The average molecular weight is 243 g/mol. The highest BCUT2D eigenvalue weighted by Gasteiger charge is 2.13. The van der Waals surface area contributed by atoms with E-state index in [9.17, 15) is 9.59 Å². The molecule has 0 aromatic carbocycles. The van der Waals surface area contributed by atoms with Crippen LogP contribution in [0.2, 0.25) is 0 Å². The molecule has 100 valence electrons. The van der Waals surface area contributed by atoms with E-state index < -0.39 is 0 Å². The summed E-state index contributed by atoms with van der Waals surface area (Å²) in [4.78, 5) is 22.7. The van der Waals surface area contributed by atoms with E-state index in [4.69, 9.17) is 0 Å². The lowest BCUT2D eigenvalue weighted by Crippen LogP contribution is -2.46. The van der Waals surface area contributed by atoms with E-state index in [1.54, 1.807) is 0 Å². The molecule has 0 radical (unpaired) electrons. The first-order valence-electron chi connectivity index (χ1n) is 6.13. The van der Waals surface area contributed by atoms with Crippen LogP contribution in [0.4, 0.5) is 0 Å². The van der Waals surface area contributed by atoms with Crippen molar-refractivity contribution in [1.29, 1.82) is 0 Å². The van der Waals surface area contributed by atoms with Gasteiger partial charge in [0.05, 0.1) is 13.1 Å². The Hall–Kier alpha value is -1.10. The molecule has 0 aromatic heterocycles. The summed E-state index contributed by atoms with van der Waals surface area (Å²) in [6.07, 6.45) is 2.04. The van der Waals surface area contributed by atoms with Crippen molar-refractivity contribution in [2.24, 2.45) is 0 Å². The largest absolute Gasteiger partial charge is 0.355 e. The van der Waals surface area contributed by atoms with Crippen molar-refractivity contribution in [3.63, 3.8) is 0 Å². The van der Waals surface area contributed by atoms with Crippen LogP contribution < -0.4 is 16.0 Å². The molecule has 0 fully saturated rings. The van der Waals surface area contributed by atoms with Crippen LogP contribution in [0.15, 0.2) is 0 Å². The number of carbonyl (C=O) groups excluding carboxylic acids is 2. The molecule has 0 unspecified atom stereocenters. The fourth-order valence-corrected chi connectivity index (χ4v) is 1.22.